The number of aliphatic hydroxyl groups excluding tert-OH is 1. The first-order valence-electron chi connectivity index (χ1n) is 18.2. The molecule has 0 amide bonds. The highest BCUT2D eigenvalue weighted by atomic mass is 16.5. The van der Waals surface area contributed by atoms with Gasteiger partial charge in [0.15, 0.2) is 5.60 Å². The molecule has 2 atom stereocenters. The fourth-order valence-corrected chi connectivity index (χ4v) is 7.20. The molecule has 0 aliphatic heterocycles. The number of hydrogen-bond donors (Lipinski definition) is 5. The first kappa shape index (κ1) is 36.3. The third-order valence-corrected chi connectivity index (χ3v) is 10.1. The SMILES string of the molecule is CN(CCCOc1cccc(CCNC[C@H](O)c2ccc(O)c3[nH]c(=O)ccc23)c1)CCc1cnc([C@](O)(c2ccccc2)C2CCCCC2)o1. The second kappa shape index (κ2) is 17.2. The van der Waals surface area contributed by atoms with E-state index >= 15 is 0 Å². The van der Waals surface area contributed by atoms with E-state index in [4.69, 9.17) is 9.15 Å². The molecule has 1 saturated carbocycles. The Kier molecular flexibility index (Phi) is 12.2. The van der Waals surface area contributed by atoms with Gasteiger partial charge < -0.3 is 39.7 Å². The number of rotatable bonds is 17. The van der Waals surface area contributed by atoms with Crippen LogP contribution in [0.1, 0.15) is 73.0 Å². The molecule has 5 aromatic rings. The van der Waals surface area contributed by atoms with Gasteiger partial charge in [0, 0.05) is 43.4 Å². The Bertz CT molecular complexity index is 1900. The number of phenols is 1. The van der Waals surface area contributed by atoms with Crippen LogP contribution >= 0.6 is 0 Å². The number of phenolic OH excluding ortho intramolecular Hbond substituents is 1. The van der Waals surface area contributed by atoms with Crippen LogP contribution in [-0.4, -0.2) is 70.0 Å². The molecule has 0 radical (unpaired) electrons. The number of H-pyrrole nitrogens is 1. The number of hydrogen-bond acceptors (Lipinski definition) is 9. The van der Waals surface area contributed by atoms with E-state index < -0.39 is 11.7 Å². The smallest absolute Gasteiger partial charge is 0.248 e. The Morgan fingerprint density at radius 2 is 1.84 bits per heavy atom. The average Bonchev–Trinajstić information content (AvgIpc) is 3.65. The topological polar surface area (TPSA) is 144 Å². The number of fused-ring (bicyclic) bond motifs is 1. The van der Waals surface area contributed by atoms with Crippen molar-refractivity contribution < 1.29 is 24.5 Å². The summed E-state index contributed by atoms with van der Waals surface area (Å²) in [5.74, 6) is 2.09. The van der Waals surface area contributed by atoms with Crippen LogP contribution in [0, 0.1) is 5.92 Å². The summed E-state index contributed by atoms with van der Waals surface area (Å²) in [6.45, 7) is 3.27. The van der Waals surface area contributed by atoms with Crippen molar-refractivity contribution in [3.63, 3.8) is 0 Å². The second-order valence-electron chi connectivity index (χ2n) is 13.8. The molecule has 0 bridgehead atoms. The van der Waals surface area contributed by atoms with Crippen molar-refractivity contribution in [2.75, 3.05) is 39.8 Å². The molecule has 0 spiro atoms. The van der Waals surface area contributed by atoms with E-state index in [2.05, 4.69) is 39.4 Å². The molecular weight excluding hydrogens is 644 g/mol. The van der Waals surface area contributed by atoms with Crippen LogP contribution < -0.4 is 15.6 Å². The minimum absolute atomic E-state index is 0.0266. The second-order valence-corrected chi connectivity index (χ2v) is 13.8. The van der Waals surface area contributed by atoms with E-state index in [1.54, 1.807) is 18.3 Å². The summed E-state index contributed by atoms with van der Waals surface area (Å²) >= 11 is 0. The van der Waals surface area contributed by atoms with Crippen molar-refractivity contribution in [1.82, 2.24) is 20.2 Å². The van der Waals surface area contributed by atoms with Crippen molar-refractivity contribution in [3.8, 4) is 11.5 Å². The lowest BCUT2D eigenvalue weighted by atomic mass is 9.73. The van der Waals surface area contributed by atoms with Gasteiger partial charge >= 0.3 is 0 Å². The Labute approximate surface area is 299 Å². The molecule has 1 aliphatic rings. The maximum absolute atomic E-state index is 12.1. The lowest BCUT2D eigenvalue weighted by molar-refractivity contribution is -0.0239. The number of aromatic hydroxyl groups is 1. The summed E-state index contributed by atoms with van der Waals surface area (Å²) in [5.41, 5.74) is 1.43. The predicted octanol–water partition coefficient (Wildman–Crippen LogP) is 5.85. The van der Waals surface area contributed by atoms with Gasteiger partial charge in [-0.05, 0) is 80.2 Å². The first-order valence-corrected chi connectivity index (χ1v) is 18.2. The number of nitrogens with zero attached hydrogens (tertiary/aromatic N) is 2. The van der Waals surface area contributed by atoms with Gasteiger partial charge in [-0.1, -0.05) is 67.8 Å². The number of nitrogens with one attached hydrogen (secondary N) is 2. The van der Waals surface area contributed by atoms with Gasteiger partial charge in [-0.2, -0.15) is 0 Å². The van der Waals surface area contributed by atoms with E-state index in [9.17, 15) is 20.1 Å². The Morgan fingerprint density at radius 1 is 1.02 bits per heavy atom. The lowest BCUT2D eigenvalue weighted by Crippen LogP contribution is -2.38. The Morgan fingerprint density at radius 3 is 2.67 bits per heavy atom. The number of pyridine rings is 1. The first-order chi connectivity index (χ1) is 24.8. The maximum Gasteiger partial charge on any atom is 0.248 e. The zero-order valence-corrected chi connectivity index (χ0v) is 29.4. The normalized spacial score (nSPS) is 15.6. The molecule has 1 fully saturated rings. The van der Waals surface area contributed by atoms with E-state index in [1.807, 2.05) is 42.5 Å². The number of aliphatic hydroxyl groups is 2. The summed E-state index contributed by atoms with van der Waals surface area (Å²) in [7, 11) is 2.09. The van der Waals surface area contributed by atoms with E-state index in [0.717, 1.165) is 74.3 Å². The largest absolute Gasteiger partial charge is 0.506 e. The molecule has 5 N–H and O–H groups in total. The predicted molar refractivity (Wildman–Crippen MR) is 198 cm³/mol. The number of aromatic nitrogens is 2. The number of benzene rings is 3. The van der Waals surface area contributed by atoms with Gasteiger partial charge in [0.25, 0.3) is 0 Å². The Hall–Kier alpha value is -4.48. The fourth-order valence-electron chi connectivity index (χ4n) is 7.20. The highest BCUT2D eigenvalue weighted by Crippen LogP contribution is 2.43. The van der Waals surface area contributed by atoms with E-state index in [1.165, 1.54) is 18.6 Å². The zero-order valence-electron chi connectivity index (χ0n) is 29.4. The minimum Gasteiger partial charge on any atom is -0.506 e. The number of ether oxygens (including phenoxy) is 1. The highest BCUT2D eigenvalue weighted by molar-refractivity contribution is 5.87. The molecule has 2 aromatic heterocycles. The summed E-state index contributed by atoms with van der Waals surface area (Å²) in [5, 5.41) is 36.9. The molecule has 2 heterocycles. The molecule has 3 aromatic carbocycles. The number of likely N-dealkylation sites (N-methyl/N-ethyl adjacent to an activating group) is 1. The summed E-state index contributed by atoms with van der Waals surface area (Å²) in [4.78, 5) is 21.2. The van der Waals surface area contributed by atoms with Crippen LogP contribution in [0.5, 0.6) is 11.5 Å². The van der Waals surface area contributed by atoms with Gasteiger partial charge in [-0.25, -0.2) is 4.98 Å². The maximum atomic E-state index is 12.1. The van der Waals surface area contributed by atoms with Crippen molar-refractivity contribution in [1.29, 1.82) is 0 Å². The summed E-state index contributed by atoms with van der Waals surface area (Å²) in [6.07, 6.45) is 8.69. The summed E-state index contributed by atoms with van der Waals surface area (Å²) in [6, 6.07) is 24.1. The van der Waals surface area contributed by atoms with Crippen LogP contribution in [-0.2, 0) is 18.4 Å². The number of aromatic amines is 1. The molecule has 10 nitrogen and oxygen atoms in total. The number of oxazole rings is 1. The van der Waals surface area contributed by atoms with Gasteiger partial charge in [0.05, 0.1) is 24.4 Å². The van der Waals surface area contributed by atoms with Gasteiger partial charge in [-0.15, -0.1) is 0 Å². The minimum atomic E-state index is -1.21. The van der Waals surface area contributed by atoms with Crippen LogP contribution in [0.25, 0.3) is 10.9 Å². The molecule has 270 valence electrons. The van der Waals surface area contributed by atoms with E-state index in [-0.39, 0.29) is 17.2 Å². The quantitative estimate of drug-likeness (QED) is 0.0758. The average molecular weight is 695 g/mol. The van der Waals surface area contributed by atoms with Crippen LogP contribution in [0.15, 0.2) is 94.3 Å². The van der Waals surface area contributed by atoms with Gasteiger partial charge in [-0.3, -0.25) is 4.79 Å². The highest BCUT2D eigenvalue weighted by Gasteiger charge is 2.44. The van der Waals surface area contributed by atoms with Crippen LogP contribution in [0.3, 0.4) is 0 Å². The monoisotopic (exact) mass is 694 g/mol. The van der Waals surface area contributed by atoms with Crippen LogP contribution in [0.4, 0.5) is 0 Å². The standard InChI is InChI=1S/C41H50N4O6/c1-45(24-21-33-27-43-40(51-33)41(49,30-11-4-2-5-12-30)31-13-6-3-7-14-31)23-9-25-50-32-15-8-10-29(26-32)20-22-42-28-37(47)34-16-18-36(46)39-35(34)17-19-38(48)44-39/h2,4-5,8,10-12,15-19,26-27,31,37,42,46-47,49H,3,6-7,9,13-14,20-25,28H2,1H3,(H,44,48)/t37-,41-/m0/s1. The lowest BCUT2D eigenvalue weighted by Gasteiger charge is -2.36. The molecule has 6 rings (SSSR count). The van der Waals surface area contributed by atoms with Crippen molar-refractivity contribution >= 4 is 10.9 Å². The Balaban J connectivity index is 0.914. The molecule has 0 saturated heterocycles. The fraction of sp³-hybridized carbons (Fsp3) is 0.415. The van der Waals surface area contributed by atoms with E-state index in [0.29, 0.717) is 48.5 Å². The van der Waals surface area contributed by atoms with Crippen molar-refractivity contribution in [3.05, 3.63) is 124 Å². The zero-order chi connectivity index (χ0) is 35.6. The summed E-state index contributed by atoms with van der Waals surface area (Å²) < 4.78 is 12.3. The molecular formula is C41H50N4O6. The molecule has 1 aliphatic carbocycles. The van der Waals surface area contributed by atoms with Crippen molar-refractivity contribution in [2.45, 2.75) is 63.1 Å². The van der Waals surface area contributed by atoms with Gasteiger partial charge in [0.1, 0.15) is 17.3 Å². The third kappa shape index (κ3) is 9.07. The molecule has 10 heteroatoms. The third-order valence-electron chi connectivity index (χ3n) is 10.1. The van der Waals surface area contributed by atoms with Crippen molar-refractivity contribution in [2.24, 2.45) is 5.92 Å². The molecule has 51 heavy (non-hydrogen) atoms. The van der Waals surface area contributed by atoms with Gasteiger partial charge in [0.2, 0.25) is 11.4 Å². The van der Waals surface area contributed by atoms with Crippen LogP contribution in [0.2, 0.25) is 0 Å². The molecule has 0 unspecified atom stereocenters.